The van der Waals surface area contributed by atoms with Crippen molar-refractivity contribution in [2.24, 2.45) is 5.73 Å². The zero-order valence-electron chi connectivity index (χ0n) is 7.84. The molecule has 14 heavy (non-hydrogen) atoms. The summed E-state index contributed by atoms with van der Waals surface area (Å²) < 4.78 is 0. The van der Waals surface area contributed by atoms with Crippen LogP contribution >= 0.6 is 35.6 Å². The van der Waals surface area contributed by atoms with Crippen molar-refractivity contribution in [2.75, 3.05) is 0 Å². The molecular formula is C9H13Cl3N2. The lowest BCUT2D eigenvalue weighted by atomic mass is 10.1. The van der Waals surface area contributed by atoms with Gasteiger partial charge >= 0.3 is 0 Å². The van der Waals surface area contributed by atoms with Crippen LogP contribution in [0.5, 0.6) is 0 Å². The fraction of sp³-hybridized carbons (Fsp3) is 0.444. The molecule has 2 nitrogen and oxygen atoms in total. The van der Waals surface area contributed by atoms with Gasteiger partial charge in [0.15, 0.2) is 0 Å². The highest BCUT2D eigenvalue weighted by atomic mass is 35.5. The topological polar surface area (TPSA) is 38.9 Å². The largest absolute Gasteiger partial charge is 0.327 e. The standard InChI is InChI=1S/C9H12Cl2N2.ClH/c1-2-7(12)5-6-3-4-8(10)13-9(6)11;/h3-4,7H,2,5,12H2,1H3;1H. The van der Waals surface area contributed by atoms with Crippen molar-refractivity contribution in [1.29, 1.82) is 0 Å². The van der Waals surface area contributed by atoms with E-state index in [1.165, 1.54) is 0 Å². The van der Waals surface area contributed by atoms with Crippen molar-refractivity contribution >= 4 is 35.6 Å². The molecular weight excluding hydrogens is 242 g/mol. The van der Waals surface area contributed by atoms with Gasteiger partial charge < -0.3 is 5.73 Å². The average Bonchev–Trinajstić information content (AvgIpc) is 2.09. The lowest BCUT2D eigenvalue weighted by molar-refractivity contribution is 0.645. The van der Waals surface area contributed by atoms with Crippen LogP contribution in [-0.2, 0) is 6.42 Å². The van der Waals surface area contributed by atoms with Gasteiger partial charge in [0.25, 0.3) is 0 Å². The van der Waals surface area contributed by atoms with Crippen LogP contribution < -0.4 is 5.73 Å². The highest BCUT2D eigenvalue weighted by molar-refractivity contribution is 6.32. The first-order chi connectivity index (χ1) is 6.13. The van der Waals surface area contributed by atoms with Crippen LogP contribution in [0.3, 0.4) is 0 Å². The van der Waals surface area contributed by atoms with E-state index in [-0.39, 0.29) is 18.4 Å². The summed E-state index contributed by atoms with van der Waals surface area (Å²) in [5.74, 6) is 0. The number of rotatable bonds is 3. The number of halogens is 3. The third-order valence-corrected chi connectivity index (χ3v) is 2.44. The van der Waals surface area contributed by atoms with Gasteiger partial charge in [-0.25, -0.2) is 4.98 Å². The van der Waals surface area contributed by atoms with Crippen molar-refractivity contribution in [3.63, 3.8) is 0 Å². The van der Waals surface area contributed by atoms with Gasteiger partial charge in [0.2, 0.25) is 0 Å². The van der Waals surface area contributed by atoms with E-state index >= 15 is 0 Å². The summed E-state index contributed by atoms with van der Waals surface area (Å²) in [6.45, 7) is 2.04. The number of aromatic nitrogens is 1. The van der Waals surface area contributed by atoms with Crippen molar-refractivity contribution in [3.05, 3.63) is 28.0 Å². The Morgan fingerprint density at radius 3 is 2.57 bits per heavy atom. The molecule has 0 radical (unpaired) electrons. The minimum atomic E-state index is 0. The van der Waals surface area contributed by atoms with E-state index in [0.29, 0.717) is 10.3 Å². The van der Waals surface area contributed by atoms with E-state index in [2.05, 4.69) is 4.98 Å². The fourth-order valence-corrected chi connectivity index (χ4v) is 1.44. The molecule has 1 aromatic rings. The summed E-state index contributed by atoms with van der Waals surface area (Å²) in [6.07, 6.45) is 1.68. The number of nitrogens with two attached hydrogens (primary N) is 1. The Balaban J connectivity index is 0.00000169. The molecule has 0 aliphatic rings. The van der Waals surface area contributed by atoms with Crippen molar-refractivity contribution < 1.29 is 0 Å². The quantitative estimate of drug-likeness (QED) is 0.843. The number of nitrogens with zero attached hydrogens (tertiary/aromatic N) is 1. The monoisotopic (exact) mass is 254 g/mol. The lowest BCUT2D eigenvalue weighted by Gasteiger charge is -2.09. The van der Waals surface area contributed by atoms with Gasteiger partial charge in [0.1, 0.15) is 10.3 Å². The normalized spacial score (nSPS) is 12.0. The predicted molar refractivity (Wildman–Crippen MR) is 63.5 cm³/mol. The number of hydrogen-bond acceptors (Lipinski definition) is 2. The van der Waals surface area contributed by atoms with Crippen LogP contribution in [-0.4, -0.2) is 11.0 Å². The first-order valence-corrected chi connectivity index (χ1v) is 4.95. The molecule has 1 heterocycles. The Kier molecular flexibility index (Phi) is 6.45. The molecule has 1 atom stereocenters. The van der Waals surface area contributed by atoms with E-state index in [0.717, 1.165) is 18.4 Å². The van der Waals surface area contributed by atoms with E-state index in [1.807, 2.05) is 13.0 Å². The van der Waals surface area contributed by atoms with Gasteiger partial charge in [-0.15, -0.1) is 12.4 Å². The maximum Gasteiger partial charge on any atom is 0.134 e. The van der Waals surface area contributed by atoms with Crippen molar-refractivity contribution in [2.45, 2.75) is 25.8 Å². The Bertz CT molecular complexity index is 291. The summed E-state index contributed by atoms with van der Waals surface area (Å²) in [6, 6.07) is 3.73. The summed E-state index contributed by atoms with van der Waals surface area (Å²) in [7, 11) is 0. The summed E-state index contributed by atoms with van der Waals surface area (Å²) >= 11 is 11.5. The molecule has 0 amide bonds. The molecule has 1 aromatic heterocycles. The third-order valence-electron chi connectivity index (χ3n) is 1.90. The Hall–Kier alpha value is -0.0200. The molecule has 0 saturated heterocycles. The molecule has 0 aromatic carbocycles. The highest BCUT2D eigenvalue weighted by Gasteiger charge is 2.06. The molecule has 0 aliphatic heterocycles. The minimum absolute atomic E-state index is 0. The van der Waals surface area contributed by atoms with E-state index < -0.39 is 0 Å². The Morgan fingerprint density at radius 2 is 2.07 bits per heavy atom. The average molecular weight is 256 g/mol. The molecule has 1 unspecified atom stereocenters. The van der Waals surface area contributed by atoms with Crippen LogP contribution in [0.1, 0.15) is 18.9 Å². The van der Waals surface area contributed by atoms with Crippen LogP contribution in [0.25, 0.3) is 0 Å². The second kappa shape index (κ2) is 6.46. The molecule has 0 bridgehead atoms. The first-order valence-electron chi connectivity index (χ1n) is 4.20. The number of hydrogen-bond donors (Lipinski definition) is 1. The highest BCUT2D eigenvalue weighted by Crippen LogP contribution is 2.18. The molecule has 80 valence electrons. The molecule has 0 fully saturated rings. The zero-order valence-corrected chi connectivity index (χ0v) is 10.2. The van der Waals surface area contributed by atoms with Gasteiger partial charge in [0.05, 0.1) is 0 Å². The Labute approximate surface area is 100 Å². The molecule has 2 N–H and O–H groups in total. The summed E-state index contributed by atoms with van der Waals surface area (Å²) in [4.78, 5) is 3.94. The van der Waals surface area contributed by atoms with E-state index in [4.69, 9.17) is 28.9 Å². The smallest absolute Gasteiger partial charge is 0.134 e. The van der Waals surface area contributed by atoms with Crippen LogP contribution in [0, 0.1) is 0 Å². The minimum Gasteiger partial charge on any atom is -0.327 e. The maximum absolute atomic E-state index is 5.88. The second-order valence-electron chi connectivity index (χ2n) is 2.96. The molecule has 0 aliphatic carbocycles. The summed E-state index contributed by atoms with van der Waals surface area (Å²) in [5, 5.41) is 0.871. The van der Waals surface area contributed by atoms with Crippen molar-refractivity contribution in [1.82, 2.24) is 4.98 Å². The van der Waals surface area contributed by atoms with Crippen molar-refractivity contribution in [3.8, 4) is 0 Å². The van der Waals surface area contributed by atoms with Crippen LogP contribution in [0.2, 0.25) is 10.3 Å². The SMILES string of the molecule is CCC(N)Cc1ccc(Cl)nc1Cl.Cl. The molecule has 1 rings (SSSR count). The van der Waals surface area contributed by atoms with Gasteiger partial charge in [0, 0.05) is 6.04 Å². The van der Waals surface area contributed by atoms with Gasteiger partial charge in [-0.2, -0.15) is 0 Å². The van der Waals surface area contributed by atoms with Gasteiger partial charge in [-0.3, -0.25) is 0 Å². The lowest BCUT2D eigenvalue weighted by Crippen LogP contribution is -2.21. The molecule has 0 spiro atoms. The van der Waals surface area contributed by atoms with Gasteiger partial charge in [-0.1, -0.05) is 36.2 Å². The molecule has 5 heteroatoms. The van der Waals surface area contributed by atoms with E-state index in [1.54, 1.807) is 6.07 Å². The second-order valence-corrected chi connectivity index (χ2v) is 3.70. The maximum atomic E-state index is 5.88. The first kappa shape index (κ1) is 14.0. The molecule has 0 saturated carbocycles. The predicted octanol–water partition coefficient (Wildman–Crippen LogP) is 3.09. The fourth-order valence-electron chi connectivity index (χ4n) is 1.02. The van der Waals surface area contributed by atoms with E-state index in [9.17, 15) is 0 Å². The summed E-state index contributed by atoms with van der Waals surface area (Å²) in [5.41, 5.74) is 6.75. The van der Waals surface area contributed by atoms with Crippen LogP contribution in [0.15, 0.2) is 12.1 Å². The number of pyridine rings is 1. The zero-order chi connectivity index (χ0) is 9.84. The van der Waals surface area contributed by atoms with Gasteiger partial charge in [-0.05, 0) is 24.5 Å². The Morgan fingerprint density at radius 1 is 1.43 bits per heavy atom. The third kappa shape index (κ3) is 4.01. The van der Waals surface area contributed by atoms with Crippen LogP contribution in [0.4, 0.5) is 0 Å².